The van der Waals surface area contributed by atoms with Crippen molar-refractivity contribution in [1.29, 1.82) is 0 Å². The summed E-state index contributed by atoms with van der Waals surface area (Å²) in [5, 5.41) is 4.11. The van der Waals surface area contributed by atoms with Crippen molar-refractivity contribution in [3.63, 3.8) is 0 Å². The summed E-state index contributed by atoms with van der Waals surface area (Å²) < 4.78 is 7.41. The van der Waals surface area contributed by atoms with Gasteiger partial charge >= 0.3 is 0 Å². The predicted octanol–water partition coefficient (Wildman–Crippen LogP) is 3.48. The van der Waals surface area contributed by atoms with Crippen molar-refractivity contribution in [3.8, 4) is 11.4 Å². The van der Waals surface area contributed by atoms with Crippen molar-refractivity contribution in [2.75, 3.05) is 13.7 Å². The number of hydrogen-bond acceptors (Lipinski definition) is 4. The standard InChI is InChI=1S/C21H24N4O2/c1-15-5-10-20(16(2)11-15)27-12-21(26)24(4)17(3)18-6-8-19(9-7-18)25-14-22-13-23-25/h5-11,13-14,17H,12H2,1-4H3/t17-/m0/s1. The first kappa shape index (κ1) is 18.6. The molecule has 6 nitrogen and oxygen atoms in total. The van der Waals surface area contributed by atoms with Gasteiger partial charge in [-0.2, -0.15) is 5.10 Å². The number of amides is 1. The Balaban J connectivity index is 1.62. The van der Waals surface area contributed by atoms with Gasteiger partial charge in [0.1, 0.15) is 18.4 Å². The van der Waals surface area contributed by atoms with Crippen LogP contribution in [-0.4, -0.2) is 39.2 Å². The highest BCUT2D eigenvalue weighted by atomic mass is 16.5. The third-order valence-corrected chi connectivity index (χ3v) is 4.71. The molecule has 0 unspecified atom stereocenters. The zero-order valence-electron chi connectivity index (χ0n) is 16.1. The molecule has 1 atom stereocenters. The molecule has 140 valence electrons. The number of carbonyl (C=O) groups excluding carboxylic acids is 1. The maximum absolute atomic E-state index is 12.5. The highest BCUT2D eigenvalue weighted by Crippen LogP contribution is 2.22. The number of aromatic nitrogens is 3. The molecule has 0 saturated carbocycles. The molecule has 0 aliphatic heterocycles. The summed E-state index contributed by atoms with van der Waals surface area (Å²) >= 11 is 0. The summed E-state index contributed by atoms with van der Waals surface area (Å²) in [5.41, 5.74) is 4.17. The van der Waals surface area contributed by atoms with E-state index in [-0.39, 0.29) is 18.6 Å². The molecule has 1 heterocycles. The fourth-order valence-electron chi connectivity index (χ4n) is 2.89. The summed E-state index contributed by atoms with van der Waals surface area (Å²) in [6.07, 6.45) is 3.15. The number of rotatable bonds is 6. The van der Waals surface area contributed by atoms with Crippen LogP contribution in [0, 0.1) is 13.8 Å². The first-order valence-corrected chi connectivity index (χ1v) is 8.86. The van der Waals surface area contributed by atoms with Gasteiger partial charge in [0.25, 0.3) is 5.91 Å². The smallest absolute Gasteiger partial charge is 0.260 e. The van der Waals surface area contributed by atoms with E-state index >= 15 is 0 Å². The largest absolute Gasteiger partial charge is 0.484 e. The van der Waals surface area contributed by atoms with Gasteiger partial charge in [0.2, 0.25) is 0 Å². The van der Waals surface area contributed by atoms with Gasteiger partial charge in [-0.1, -0.05) is 29.8 Å². The summed E-state index contributed by atoms with van der Waals surface area (Å²) in [7, 11) is 1.80. The highest BCUT2D eigenvalue weighted by Gasteiger charge is 2.18. The second kappa shape index (κ2) is 8.03. The highest BCUT2D eigenvalue weighted by molar-refractivity contribution is 5.78. The van der Waals surface area contributed by atoms with Crippen LogP contribution in [0.25, 0.3) is 5.69 Å². The lowest BCUT2D eigenvalue weighted by molar-refractivity contribution is -0.134. The lowest BCUT2D eigenvalue weighted by Gasteiger charge is -2.25. The molecular weight excluding hydrogens is 340 g/mol. The third-order valence-electron chi connectivity index (χ3n) is 4.71. The van der Waals surface area contributed by atoms with Gasteiger partial charge < -0.3 is 9.64 Å². The van der Waals surface area contributed by atoms with Gasteiger partial charge in [-0.25, -0.2) is 9.67 Å². The lowest BCUT2D eigenvalue weighted by Crippen LogP contribution is -2.33. The minimum atomic E-state index is -0.0668. The van der Waals surface area contributed by atoms with Crippen molar-refractivity contribution in [2.45, 2.75) is 26.8 Å². The Morgan fingerprint density at radius 3 is 2.56 bits per heavy atom. The molecule has 6 heteroatoms. The van der Waals surface area contributed by atoms with Crippen molar-refractivity contribution >= 4 is 5.91 Å². The molecule has 0 N–H and O–H groups in total. The Bertz CT molecular complexity index is 904. The second-order valence-electron chi connectivity index (χ2n) is 6.67. The molecule has 0 fully saturated rings. The quantitative estimate of drug-likeness (QED) is 0.672. The molecule has 0 bridgehead atoms. The van der Waals surface area contributed by atoms with E-state index in [0.717, 1.165) is 22.6 Å². The van der Waals surface area contributed by atoms with E-state index in [1.807, 2.05) is 63.2 Å². The normalized spacial score (nSPS) is 11.9. The molecule has 3 aromatic rings. The van der Waals surface area contributed by atoms with Crippen molar-refractivity contribution in [3.05, 3.63) is 71.8 Å². The van der Waals surface area contributed by atoms with E-state index in [9.17, 15) is 4.79 Å². The van der Waals surface area contributed by atoms with Gasteiger partial charge in [0.15, 0.2) is 6.61 Å². The van der Waals surface area contributed by atoms with Crippen molar-refractivity contribution in [2.24, 2.45) is 0 Å². The molecular formula is C21H24N4O2. The Hall–Kier alpha value is -3.15. The fraction of sp³-hybridized carbons (Fsp3) is 0.286. The predicted molar refractivity (Wildman–Crippen MR) is 104 cm³/mol. The molecule has 27 heavy (non-hydrogen) atoms. The van der Waals surface area contributed by atoms with E-state index in [2.05, 4.69) is 10.1 Å². The topological polar surface area (TPSA) is 60.2 Å². The minimum Gasteiger partial charge on any atom is -0.484 e. The molecule has 0 aliphatic rings. The van der Waals surface area contributed by atoms with Gasteiger partial charge in [-0.15, -0.1) is 0 Å². The number of ether oxygens (including phenoxy) is 1. The summed E-state index contributed by atoms with van der Waals surface area (Å²) in [4.78, 5) is 18.2. The Morgan fingerprint density at radius 2 is 1.93 bits per heavy atom. The van der Waals surface area contributed by atoms with E-state index in [0.29, 0.717) is 0 Å². The monoisotopic (exact) mass is 364 g/mol. The van der Waals surface area contributed by atoms with Gasteiger partial charge in [-0.3, -0.25) is 4.79 Å². The lowest BCUT2D eigenvalue weighted by atomic mass is 10.1. The number of benzene rings is 2. The average Bonchev–Trinajstić information content (AvgIpc) is 3.21. The van der Waals surface area contributed by atoms with Crippen LogP contribution in [0.5, 0.6) is 5.75 Å². The van der Waals surface area contributed by atoms with Crippen LogP contribution in [0.15, 0.2) is 55.1 Å². The van der Waals surface area contributed by atoms with Crippen LogP contribution < -0.4 is 4.74 Å². The van der Waals surface area contributed by atoms with Crippen molar-refractivity contribution in [1.82, 2.24) is 19.7 Å². The SMILES string of the molecule is Cc1ccc(OCC(=O)N(C)[C@@H](C)c2ccc(-n3cncn3)cc2)c(C)c1. The van der Waals surface area contributed by atoms with Gasteiger partial charge in [0, 0.05) is 7.05 Å². The summed E-state index contributed by atoms with van der Waals surface area (Å²) in [5.74, 6) is 0.676. The molecule has 0 radical (unpaired) electrons. The van der Waals surface area contributed by atoms with Crippen molar-refractivity contribution < 1.29 is 9.53 Å². The first-order chi connectivity index (χ1) is 13.0. The van der Waals surface area contributed by atoms with E-state index in [4.69, 9.17) is 4.74 Å². The van der Waals surface area contributed by atoms with Gasteiger partial charge in [-0.05, 0) is 50.1 Å². The number of likely N-dealkylation sites (N-methyl/N-ethyl adjacent to an activating group) is 1. The maximum atomic E-state index is 12.5. The number of hydrogen-bond donors (Lipinski definition) is 0. The van der Waals surface area contributed by atoms with E-state index < -0.39 is 0 Å². The number of aryl methyl sites for hydroxylation is 2. The molecule has 3 rings (SSSR count). The number of nitrogens with zero attached hydrogens (tertiary/aromatic N) is 4. The van der Waals surface area contributed by atoms with Crippen LogP contribution in [0.2, 0.25) is 0 Å². The zero-order valence-corrected chi connectivity index (χ0v) is 16.1. The molecule has 0 spiro atoms. The Labute approximate surface area is 159 Å². The molecule has 1 amide bonds. The second-order valence-corrected chi connectivity index (χ2v) is 6.67. The fourth-order valence-corrected chi connectivity index (χ4v) is 2.89. The average molecular weight is 364 g/mol. The Kier molecular flexibility index (Phi) is 5.54. The third kappa shape index (κ3) is 4.34. The minimum absolute atomic E-state index is 0.0157. The molecule has 2 aromatic carbocycles. The maximum Gasteiger partial charge on any atom is 0.260 e. The zero-order chi connectivity index (χ0) is 19.4. The first-order valence-electron chi connectivity index (χ1n) is 8.86. The molecule has 0 saturated heterocycles. The molecule has 1 aromatic heterocycles. The van der Waals surface area contributed by atoms with E-state index in [1.165, 1.54) is 11.9 Å². The van der Waals surface area contributed by atoms with Crippen LogP contribution in [0.1, 0.15) is 29.7 Å². The summed E-state index contributed by atoms with van der Waals surface area (Å²) in [6.45, 7) is 6.03. The Morgan fingerprint density at radius 1 is 1.19 bits per heavy atom. The summed E-state index contributed by atoms with van der Waals surface area (Å²) in [6, 6.07) is 13.8. The molecule has 0 aliphatic carbocycles. The van der Waals surface area contributed by atoms with Gasteiger partial charge in [0.05, 0.1) is 11.7 Å². The van der Waals surface area contributed by atoms with Crippen LogP contribution in [0.3, 0.4) is 0 Å². The van der Waals surface area contributed by atoms with Crippen LogP contribution in [-0.2, 0) is 4.79 Å². The van der Waals surface area contributed by atoms with E-state index in [1.54, 1.807) is 23.0 Å². The van der Waals surface area contributed by atoms with Crippen LogP contribution >= 0.6 is 0 Å². The van der Waals surface area contributed by atoms with Crippen LogP contribution in [0.4, 0.5) is 0 Å². The number of carbonyl (C=O) groups is 1.